The highest BCUT2D eigenvalue weighted by Crippen LogP contribution is 2.25. The lowest BCUT2D eigenvalue weighted by atomic mass is 10.2. The van der Waals surface area contributed by atoms with Crippen LogP contribution >= 0.6 is 27.5 Å². The van der Waals surface area contributed by atoms with Crippen LogP contribution < -0.4 is 14.9 Å². The molecule has 0 unspecified atom stereocenters. The number of hydrogen-bond acceptors (Lipinski definition) is 5. The molecule has 0 heterocycles. The number of methoxy groups -OCH3 is 1. The Hall–Kier alpha value is -2.58. The third-order valence-corrected chi connectivity index (χ3v) is 3.88. The zero-order valence-electron chi connectivity index (χ0n) is 13.5. The van der Waals surface area contributed by atoms with Crippen molar-refractivity contribution in [1.29, 1.82) is 0 Å². The van der Waals surface area contributed by atoms with Crippen LogP contribution in [0.15, 0.2) is 46.0 Å². The summed E-state index contributed by atoms with van der Waals surface area (Å²) in [4.78, 5) is 22.7. The van der Waals surface area contributed by atoms with Gasteiger partial charge in [-0.15, -0.1) is 0 Å². The molecule has 0 saturated carbocycles. The molecule has 0 bridgehead atoms. The van der Waals surface area contributed by atoms with Crippen LogP contribution in [-0.4, -0.2) is 36.9 Å². The first-order chi connectivity index (χ1) is 12.4. The molecule has 9 heteroatoms. The monoisotopic (exact) mass is 440 g/mol. The van der Waals surface area contributed by atoms with Gasteiger partial charge in [0, 0.05) is 4.47 Å². The van der Waals surface area contributed by atoms with E-state index >= 15 is 0 Å². The van der Waals surface area contributed by atoms with Crippen LogP contribution in [0.25, 0.3) is 0 Å². The van der Waals surface area contributed by atoms with E-state index in [-0.39, 0.29) is 10.8 Å². The Balaban J connectivity index is 2.04. The van der Waals surface area contributed by atoms with Gasteiger partial charge in [0.05, 0.1) is 23.9 Å². The molecule has 0 saturated heterocycles. The maximum atomic E-state index is 12.2. The van der Waals surface area contributed by atoms with Crippen LogP contribution in [0.4, 0.5) is 0 Å². The number of aliphatic carboxylic acids is 1. The van der Waals surface area contributed by atoms with Gasteiger partial charge in [0.1, 0.15) is 11.5 Å². The van der Waals surface area contributed by atoms with Crippen LogP contribution in [0.5, 0.6) is 11.5 Å². The zero-order chi connectivity index (χ0) is 19.1. The third kappa shape index (κ3) is 5.47. The third-order valence-electron chi connectivity index (χ3n) is 3.09. The second-order valence-corrected chi connectivity index (χ2v) is 6.24. The Kier molecular flexibility index (Phi) is 6.99. The van der Waals surface area contributed by atoms with E-state index in [9.17, 15) is 9.59 Å². The summed E-state index contributed by atoms with van der Waals surface area (Å²) in [7, 11) is 1.47. The molecule has 26 heavy (non-hydrogen) atoms. The Morgan fingerprint density at radius 1 is 1.27 bits per heavy atom. The van der Waals surface area contributed by atoms with Crippen molar-refractivity contribution in [3.8, 4) is 11.5 Å². The van der Waals surface area contributed by atoms with E-state index in [2.05, 4.69) is 26.5 Å². The van der Waals surface area contributed by atoms with Crippen molar-refractivity contribution in [3.63, 3.8) is 0 Å². The molecular weight excluding hydrogens is 428 g/mol. The summed E-state index contributed by atoms with van der Waals surface area (Å²) in [5.74, 6) is -0.873. The largest absolute Gasteiger partial charge is 0.496 e. The number of benzene rings is 2. The molecular formula is C17H14BrClN2O5. The van der Waals surface area contributed by atoms with Crippen LogP contribution in [0, 0.1) is 0 Å². The van der Waals surface area contributed by atoms with Gasteiger partial charge < -0.3 is 14.6 Å². The number of rotatable bonds is 7. The Morgan fingerprint density at radius 2 is 2.00 bits per heavy atom. The molecule has 2 aromatic carbocycles. The summed E-state index contributed by atoms with van der Waals surface area (Å²) in [6.45, 7) is -0.488. The molecule has 0 aliphatic carbocycles. The number of carbonyl (C=O) groups excluding carboxylic acids is 1. The lowest BCUT2D eigenvalue weighted by Crippen LogP contribution is -2.18. The van der Waals surface area contributed by atoms with E-state index in [1.165, 1.54) is 25.5 Å². The average Bonchev–Trinajstić information content (AvgIpc) is 2.60. The van der Waals surface area contributed by atoms with E-state index in [0.29, 0.717) is 16.9 Å². The molecule has 0 aromatic heterocycles. The van der Waals surface area contributed by atoms with Crippen molar-refractivity contribution in [2.24, 2.45) is 5.10 Å². The molecule has 1 amide bonds. The van der Waals surface area contributed by atoms with Crippen molar-refractivity contribution < 1.29 is 24.2 Å². The van der Waals surface area contributed by atoms with Crippen molar-refractivity contribution in [2.75, 3.05) is 13.7 Å². The highest BCUT2D eigenvalue weighted by molar-refractivity contribution is 9.10. The van der Waals surface area contributed by atoms with Crippen LogP contribution in [0.3, 0.4) is 0 Å². The van der Waals surface area contributed by atoms with E-state index in [1.807, 2.05) is 0 Å². The quantitative estimate of drug-likeness (QED) is 0.507. The molecule has 0 fully saturated rings. The molecule has 2 rings (SSSR count). The highest BCUT2D eigenvalue weighted by atomic mass is 79.9. The normalized spacial score (nSPS) is 10.6. The first-order valence-electron chi connectivity index (χ1n) is 7.22. The average molecular weight is 442 g/mol. The zero-order valence-corrected chi connectivity index (χ0v) is 15.9. The summed E-state index contributed by atoms with van der Waals surface area (Å²) >= 11 is 9.32. The van der Waals surface area contributed by atoms with Crippen molar-refractivity contribution in [1.82, 2.24) is 5.43 Å². The van der Waals surface area contributed by atoms with E-state index in [4.69, 9.17) is 26.2 Å². The number of carboxylic acids is 1. The minimum atomic E-state index is -1.10. The van der Waals surface area contributed by atoms with Gasteiger partial charge in [0.25, 0.3) is 5.91 Å². The number of carboxylic acid groups (broad SMARTS) is 1. The predicted octanol–water partition coefficient (Wildman–Crippen LogP) is 3.34. The topological polar surface area (TPSA) is 97.2 Å². The van der Waals surface area contributed by atoms with E-state index in [1.54, 1.807) is 24.3 Å². The first kappa shape index (κ1) is 19.7. The summed E-state index contributed by atoms with van der Waals surface area (Å²) in [5, 5.41) is 12.7. The number of amides is 1. The van der Waals surface area contributed by atoms with Gasteiger partial charge in [0.15, 0.2) is 6.61 Å². The van der Waals surface area contributed by atoms with Crippen molar-refractivity contribution in [3.05, 3.63) is 57.0 Å². The molecule has 0 aliphatic rings. The van der Waals surface area contributed by atoms with Gasteiger partial charge in [-0.25, -0.2) is 10.2 Å². The van der Waals surface area contributed by atoms with Gasteiger partial charge in [-0.05, 0) is 42.0 Å². The van der Waals surface area contributed by atoms with E-state index < -0.39 is 18.5 Å². The van der Waals surface area contributed by atoms with Gasteiger partial charge in [0.2, 0.25) is 0 Å². The number of hydrazone groups is 1. The molecule has 0 radical (unpaired) electrons. The summed E-state index contributed by atoms with van der Waals surface area (Å²) in [6.07, 6.45) is 1.40. The molecule has 0 aliphatic heterocycles. The summed E-state index contributed by atoms with van der Waals surface area (Å²) in [6, 6.07) is 9.72. The van der Waals surface area contributed by atoms with Crippen LogP contribution in [0.2, 0.25) is 5.02 Å². The molecule has 7 nitrogen and oxygen atoms in total. The van der Waals surface area contributed by atoms with E-state index in [0.717, 1.165) is 4.47 Å². The van der Waals surface area contributed by atoms with Crippen molar-refractivity contribution >= 4 is 45.6 Å². The lowest BCUT2D eigenvalue weighted by molar-refractivity contribution is -0.139. The van der Waals surface area contributed by atoms with Gasteiger partial charge in [-0.1, -0.05) is 27.5 Å². The van der Waals surface area contributed by atoms with Crippen LogP contribution in [-0.2, 0) is 4.79 Å². The maximum Gasteiger partial charge on any atom is 0.341 e. The minimum absolute atomic E-state index is 0.232. The number of ether oxygens (including phenoxy) is 2. The first-order valence-corrected chi connectivity index (χ1v) is 8.39. The number of nitrogens with zero attached hydrogens (tertiary/aromatic N) is 1. The number of nitrogens with one attached hydrogen (secondary N) is 1. The molecule has 2 N–H and O–H groups in total. The molecule has 0 atom stereocenters. The summed E-state index contributed by atoms with van der Waals surface area (Å²) in [5.41, 5.74) is 3.33. The van der Waals surface area contributed by atoms with Crippen molar-refractivity contribution in [2.45, 2.75) is 0 Å². The smallest absolute Gasteiger partial charge is 0.341 e. The van der Waals surface area contributed by atoms with Crippen LogP contribution in [0.1, 0.15) is 15.9 Å². The molecule has 2 aromatic rings. The SMILES string of the molecule is COc1ccc(Br)cc1C(=O)N/N=C/c1ccc(OCC(=O)O)c(Cl)c1. The fourth-order valence-corrected chi connectivity index (χ4v) is 2.54. The second kappa shape index (κ2) is 9.21. The highest BCUT2D eigenvalue weighted by Gasteiger charge is 2.12. The molecule has 0 spiro atoms. The molecule has 136 valence electrons. The fraction of sp³-hybridized carbons (Fsp3) is 0.118. The van der Waals surface area contributed by atoms with Gasteiger partial charge >= 0.3 is 5.97 Å². The Labute approximate surface area is 162 Å². The number of halogens is 2. The predicted molar refractivity (Wildman–Crippen MR) is 100 cm³/mol. The number of hydrogen-bond donors (Lipinski definition) is 2. The number of carbonyl (C=O) groups is 2. The Bertz CT molecular complexity index is 857. The standard InChI is InChI=1S/C17H14BrClN2O5/c1-25-14-5-3-11(18)7-12(14)17(24)21-20-8-10-2-4-15(13(19)6-10)26-9-16(22)23/h2-8H,9H2,1H3,(H,21,24)(H,22,23)/b20-8+. The van der Waals surface area contributed by atoms with Gasteiger partial charge in [-0.2, -0.15) is 5.10 Å². The minimum Gasteiger partial charge on any atom is -0.496 e. The maximum absolute atomic E-state index is 12.2. The lowest BCUT2D eigenvalue weighted by Gasteiger charge is -2.07. The fourth-order valence-electron chi connectivity index (χ4n) is 1.94. The van der Waals surface area contributed by atoms with Gasteiger partial charge in [-0.3, -0.25) is 4.79 Å². The Morgan fingerprint density at radius 3 is 2.65 bits per heavy atom. The second-order valence-electron chi connectivity index (χ2n) is 4.92. The summed E-state index contributed by atoms with van der Waals surface area (Å²) < 4.78 is 10.9.